The number of hydrogen-bond donors (Lipinski definition) is 2. The van der Waals surface area contributed by atoms with Gasteiger partial charge in [0.25, 0.3) is 0 Å². The molecule has 5 nitrogen and oxygen atoms in total. The maximum absolute atomic E-state index is 11.9. The first kappa shape index (κ1) is 20.5. The van der Waals surface area contributed by atoms with E-state index in [2.05, 4.69) is 42.5 Å². The summed E-state index contributed by atoms with van der Waals surface area (Å²) in [6.45, 7) is 2.30. The molecule has 2 amide bonds. The molecule has 26 heavy (non-hydrogen) atoms. The van der Waals surface area contributed by atoms with E-state index in [4.69, 9.17) is 4.74 Å². The van der Waals surface area contributed by atoms with Crippen molar-refractivity contribution >= 4 is 49.4 Å². The number of benzene rings is 2. The summed E-state index contributed by atoms with van der Waals surface area (Å²) in [4.78, 5) is 23.7. The van der Waals surface area contributed by atoms with Crippen LogP contribution in [0.25, 0.3) is 0 Å². The monoisotopic (exact) mass is 482 g/mol. The number of amides is 2. The van der Waals surface area contributed by atoms with Gasteiger partial charge in [-0.25, -0.2) is 0 Å². The van der Waals surface area contributed by atoms with Gasteiger partial charge in [-0.05, 0) is 61.4 Å². The highest BCUT2D eigenvalue weighted by molar-refractivity contribution is 9.10. The zero-order valence-electron chi connectivity index (χ0n) is 14.4. The largest absolute Gasteiger partial charge is 0.494 e. The van der Waals surface area contributed by atoms with E-state index in [-0.39, 0.29) is 18.4 Å². The number of ether oxygens (including phenoxy) is 1. The van der Waals surface area contributed by atoms with Gasteiger partial charge in [-0.1, -0.05) is 31.9 Å². The molecule has 0 aliphatic heterocycles. The number of carbonyl (C=O) groups excluding carboxylic acids is 2. The van der Waals surface area contributed by atoms with Crippen molar-refractivity contribution in [3.05, 3.63) is 57.0 Å². The summed E-state index contributed by atoms with van der Waals surface area (Å²) in [5, 5.41) is 5.40. The molecule has 138 valence electrons. The van der Waals surface area contributed by atoms with Crippen LogP contribution in [-0.2, 0) is 9.59 Å². The summed E-state index contributed by atoms with van der Waals surface area (Å²) < 4.78 is 7.49. The van der Waals surface area contributed by atoms with Crippen LogP contribution in [0.2, 0.25) is 0 Å². The molecule has 0 aliphatic rings. The molecule has 2 rings (SSSR count). The Morgan fingerprint density at radius 2 is 1.69 bits per heavy atom. The van der Waals surface area contributed by atoms with E-state index in [1.807, 2.05) is 49.4 Å². The van der Waals surface area contributed by atoms with Crippen molar-refractivity contribution in [3.63, 3.8) is 0 Å². The van der Waals surface area contributed by atoms with Gasteiger partial charge < -0.3 is 15.4 Å². The Labute approximate surface area is 169 Å². The van der Waals surface area contributed by atoms with Crippen molar-refractivity contribution in [1.29, 1.82) is 0 Å². The van der Waals surface area contributed by atoms with Crippen LogP contribution in [0.5, 0.6) is 5.75 Å². The lowest BCUT2D eigenvalue weighted by Crippen LogP contribution is -2.33. The van der Waals surface area contributed by atoms with Crippen molar-refractivity contribution in [1.82, 2.24) is 5.32 Å². The highest BCUT2D eigenvalue weighted by atomic mass is 79.9. The molecule has 0 spiro atoms. The van der Waals surface area contributed by atoms with Gasteiger partial charge in [0.05, 0.1) is 13.2 Å². The van der Waals surface area contributed by atoms with E-state index < -0.39 is 0 Å². The molecule has 0 saturated heterocycles. The number of hydrogen-bond acceptors (Lipinski definition) is 3. The minimum atomic E-state index is -0.255. The molecular formula is C19H20Br2N2O3. The molecule has 0 radical (unpaired) electrons. The fraction of sp³-hybridized carbons (Fsp3) is 0.263. The molecule has 0 atom stereocenters. The van der Waals surface area contributed by atoms with Gasteiger partial charge in [0.2, 0.25) is 11.8 Å². The Morgan fingerprint density at radius 1 is 1.00 bits per heavy atom. The van der Waals surface area contributed by atoms with E-state index in [0.29, 0.717) is 19.4 Å². The topological polar surface area (TPSA) is 67.4 Å². The number of aryl methyl sites for hydroxylation is 1. The molecule has 0 bridgehead atoms. The fourth-order valence-corrected chi connectivity index (χ4v) is 2.92. The summed E-state index contributed by atoms with van der Waals surface area (Å²) in [5.41, 5.74) is 1.68. The van der Waals surface area contributed by atoms with Gasteiger partial charge in [-0.3, -0.25) is 9.59 Å². The van der Waals surface area contributed by atoms with Crippen molar-refractivity contribution in [2.45, 2.75) is 19.8 Å². The normalized spacial score (nSPS) is 10.3. The summed E-state index contributed by atoms with van der Waals surface area (Å²) >= 11 is 6.74. The molecule has 0 saturated carbocycles. The predicted molar refractivity (Wildman–Crippen MR) is 109 cm³/mol. The summed E-state index contributed by atoms with van der Waals surface area (Å²) in [6, 6.07) is 13.1. The first-order valence-corrected chi connectivity index (χ1v) is 9.74. The van der Waals surface area contributed by atoms with Crippen LogP contribution in [-0.4, -0.2) is 25.0 Å². The molecule has 0 aromatic heterocycles. The average molecular weight is 484 g/mol. The number of nitrogens with one attached hydrogen (secondary N) is 2. The van der Waals surface area contributed by atoms with Gasteiger partial charge in [0.1, 0.15) is 5.75 Å². The van der Waals surface area contributed by atoms with Crippen molar-refractivity contribution in [2.24, 2.45) is 0 Å². The zero-order chi connectivity index (χ0) is 18.9. The molecule has 7 heteroatoms. The lowest BCUT2D eigenvalue weighted by molar-refractivity contribution is -0.124. The second kappa shape index (κ2) is 10.3. The standard InChI is InChI=1S/C19H20Br2N2O3/c1-13-11-15(21)6-9-17(13)23-19(25)12-22-18(24)3-2-10-26-16-7-4-14(20)5-8-16/h4-9,11H,2-3,10,12H2,1H3,(H,22,24)(H,23,25). The van der Waals surface area contributed by atoms with Crippen LogP contribution in [0.3, 0.4) is 0 Å². The molecule has 0 heterocycles. The van der Waals surface area contributed by atoms with E-state index in [9.17, 15) is 9.59 Å². The average Bonchev–Trinajstić information content (AvgIpc) is 2.61. The fourth-order valence-electron chi connectivity index (χ4n) is 2.18. The molecule has 0 fully saturated rings. The third-order valence-electron chi connectivity index (χ3n) is 3.54. The zero-order valence-corrected chi connectivity index (χ0v) is 17.5. The Balaban J connectivity index is 1.63. The highest BCUT2D eigenvalue weighted by Gasteiger charge is 2.08. The third kappa shape index (κ3) is 7.17. The van der Waals surface area contributed by atoms with E-state index >= 15 is 0 Å². The van der Waals surface area contributed by atoms with Crippen LogP contribution in [0, 0.1) is 6.92 Å². The van der Waals surface area contributed by atoms with Gasteiger partial charge in [0.15, 0.2) is 0 Å². The van der Waals surface area contributed by atoms with Gasteiger partial charge in [0, 0.05) is 21.1 Å². The van der Waals surface area contributed by atoms with E-state index in [0.717, 1.165) is 25.9 Å². The smallest absolute Gasteiger partial charge is 0.243 e. The minimum absolute atomic E-state index is 0.0537. The number of rotatable bonds is 8. The molecular weight excluding hydrogens is 464 g/mol. The molecule has 0 unspecified atom stereocenters. The van der Waals surface area contributed by atoms with Gasteiger partial charge >= 0.3 is 0 Å². The van der Waals surface area contributed by atoms with Crippen LogP contribution < -0.4 is 15.4 Å². The highest BCUT2D eigenvalue weighted by Crippen LogP contribution is 2.19. The first-order chi connectivity index (χ1) is 12.4. The quantitative estimate of drug-likeness (QED) is 0.545. The van der Waals surface area contributed by atoms with Gasteiger partial charge in [-0.15, -0.1) is 0 Å². The second-order valence-corrected chi connectivity index (χ2v) is 7.52. The molecule has 2 aromatic carbocycles. The third-order valence-corrected chi connectivity index (χ3v) is 4.56. The predicted octanol–water partition coefficient (Wildman–Crippen LogP) is 4.43. The van der Waals surface area contributed by atoms with E-state index in [1.54, 1.807) is 0 Å². The lowest BCUT2D eigenvalue weighted by atomic mass is 10.2. The van der Waals surface area contributed by atoms with Crippen LogP contribution in [0.1, 0.15) is 18.4 Å². The van der Waals surface area contributed by atoms with Crippen molar-refractivity contribution < 1.29 is 14.3 Å². The Morgan fingerprint density at radius 3 is 2.38 bits per heavy atom. The SMILES string of the molecule is Cc1cc(Br)ccc1NC(=O)CNC(=O)CCCOc1ccc(Br)cc1. The van der Waals surface area contributed by atoms with Crippen LogP contribution in [0.15, 0.2) is 51.4 Å². The molecule has 2 aromatic rings. The van der Waals surface area contributed by atoms with Crippen LogP contribution in [0.4, 0.5) is 5.69 Å². The van der Waals surface area contributed by atoms with E-state index in [1.165, 1.54) is 0 Å². The number of carbonyl (C=O) groups is 2. The Kier molecular flexibility index (Phi) is 8.12. The summed E-state index contributed by atoms with van der Waals surface area (Å²) in [5.74, 6) is 0.333. The Bertz CT molecular complexity index is 764. The lowest BCUT2D eigenvalue weighted by Gasteiger charge is -2.10. The molecule has 2 N–H and O–H groups in total. The summed E-state index contributed by atoms with van der Waals surface area (Å²) in [7, 11) is 0. The maximum atomic E-state index is 11.9. The molecule has 0 aliphatic carbocycles. The Hall–Kier alpha value is -1.86. The number of halogens is 2. The van der Waals surface area contributed by atoms with Crippen LogP contribution >= 0.6 is 31.9 Å². The number of anilines is 1. The van der Waals surface area contributed by atoms with Crippen molar-refractivity contribution in [2.75, 3.05) is 18.5 Å². The van der Waals surface area contributed by atoms with Crippen molar-refractivity contribution in [3.8, 4) is 5.75 Å². The minimum Gasteiger partial charge on any atom is -0.494 e. The summed E-state index contributed by atoms with van der Waals surface area (Å²) in [6.07, 6.45) is 0.885. The second-order valence-electron chi connectivity index (χ2n) is 5.69. The maximum Gasteiger partial charge on any atom is 0.243 e. The first-order valence-electron chi connectivity index (χ1n) is 8.15. The van der Waals surface area contributed by atoms with Gasteiger partial charge in [-0.2, -0.15) is 0 Å².